The average molecular weight is 272 g/mol. The second-order valence-electron chi connectivity index (χ2n) is 4.51. The van der Waals surface area contributed by atoms with E-state index in [0.29, 0.717) is 5.56 Å². The minimum Gasteiger partial charge on any atom is -0.481 e. The smallest absolute Gasteiger partial charge is 0.305 e. The van der Waals surface area contributed by atoms with Gasteiger partial charge in [-0.25, -0.2) is 0 Å². The molecule has 0 bridgehead atoms. The molecule has 0 spiro atoms. The maximum absolute atomic E-state index is 12.1. The van der Waals surface area contributed by atoms with E-state index in [1.54, 1.807) is 19.2 Å². The molecule has 1 aromatic heterocycles. The fourth-order valence-electron chi connectivity index (χ4n) is 1.87. The summed E-state index contributed by atoms with van der Waals surface area (Å²) in [6.07, 6.45) is 3.80. The molecule has 0 fully saturated rings. The van der Waals surface area contributed by atoms with Gasteiger partial charge in [-0.3, -0.25) is 9.59 Å². The van der Waals surface area contributed by atoms with Crippen LogP contribution in [0.2, 0.25) is 0 Å². The lowest BCUT2D eigenvalue weighted by Crippen LogP contribution is -2.29. The molecule has 0 aliphatic carbocycles. The minimum atomic E-state index is -0.910. The summed E-state index contributed by atoms with van der Waals surface area (Å²) >= 11 is 0. The van der Waals surface area contributed by atoms with Gasteiger partial charge in [-0.1, -0.05) is 0 Å². The van der Waals surface area contributed by atoms with Crippen molar-refractivity contribution in [2.45, 2.75) is 6.42 Å². The molecule has 0 radical (unpaired) electrons. The summed E-state index contributed by atoms with van der Waals surface area (Å²) in [5.41, 5.74) is 1.52. The molecule has 5 nitrogen and oxygen atoms in total. The number of carbonyl (C=O) groups is 2. The normalized spacial score (nSPS) is 10.2. The molecule has 0 atom stereocenters. The van der Waals surface area contributed by atoms with Gasteiger partial charge in [-0.15, -0.1) is 0 Å². The molecular weight excluding hydrogens is 256 g/mol. The number of aliphatic carboxylic acids is 1. The van der Waals surface area contributed by atoms with Crippen LogP contribution in [0, 0.1) is 0 Å². The maximum atomic E-state index is 12.1. The monoisotopic (exact) mass is 272 g/mol. The van der Waals surface area contributed by atoms with E-state index in [1.807, 2.05) is 41.2 Å². The Morgan fingerprint density at radius 3 is 2.30 bits per heavy atom. The van der Waals surface area contributed by atoms with E-state index in [-0.39, 0.29) is 18.9 Å². The van der Waals surface area contributed by atoms with E-state index in [4.69, 9.17) is 5.11 Å². The maximum Gasteiger partial charge on any atom is 0.305 e. The summed E-state index contributed by atoms with van der Waals surface area (Å²) in [6, 6.07) is 11.1. The third-order valence-corrected chi connectivity index (χ3v) is 3.02. The first-order valence-corrected chi connectivity index (χ1v) is 6.28. The summed E-state index contributed by atoms with van der Waals surface area (Å²) in [5, 5.41) is 8.62. The van der Waals surface area contributed by atoms with Crippen LogP contribution in [-0.2, 0) is 4.79 Å². The van der Waals surface area contributed by atoms with Crippen LogP contribution in [0.15, 0.2) is 48.8 Å². The molecule has 2 rings (SSSR count). The largest absolute Gasteiger partial charge is 0.481 e. The SMILES string of the molecule is CN(CCC(=O)O)C(=O)c1ccc(-n2cccc2)cc1. The second-order valence-corrected chi connectivity index (χ2v) is 4.51. The lowest BCUT2D eigenvalue weighted by molar-refractivity contribution is -0.137. The Bertz CT molecular complexity index is 588. The quantitative estimate of drug-likeness (QED) is 0.905. The third-order valence-electron chi connectivity index (χ3n) is 3.02. The Hall–Kier alpha value is -2.56. The van der Waals surface area contributed by atoms with Gasteiger partial charge in [0.2, 0.25) is 0 Å². The van der Waals surface area contributed by atoms with Gasteiger partial charge in [-0.2, -0.15) is 0 Å². The van der Waals surface area contributed by atoms with Crippen molar-refractivity contribution in [2.24, 2.45) is 0 Å². The van der Waals surface area contributed by atoms with Crippen molar-refractivity contribution in [3.8, 4) is 5.69 Å². The fourth-order valence-corrected chi connectivity index (χ4v) is 1.87. The number of hydrogen-bond donors (Lipinski definition) is 1. The molecule has 0 saturated carbocycles. The van der Waals surface area contributed by atoms with Gasteiger partial charge in [0, 0.05) is 37.2 Å². The molecule has 1 aromatic carbocycles. The summed E-state index contributed by atoms with van der Waals surface area (Å²) in [4.78, 5) is 24.0. The Morgan fingerprint density at radius 2 is 1.75 bits per heavy atom. The summed E-state index contributed by atoms with van der Waals surface area (Å²) in [5.74, 6) is -1.09. The molecule has 0 unspecified atom stereocenters. The zero-order valence-corrected chi connectivity index (χ0v) is 11.2. The predicted octanol–water partition coefficient (Wildman–Crippen LogP) is 2.02. The molecule has 1 N–H and O–H groups in total. The van der Waals surface area contributed by atoms with E-state index in [2.05, 4.69) is 0 Å². The highest BCUT2D eigenvalue weighted by molar-refractivity contribution is 5.94. The van der Waals surface area contributed by atoms with Crippen LogP contribution in [0.5, 0.6) is 0 Å². The first kappa shape index (κ1) is 13.9. The molecule has 0 aliphatic heterocycles. The Balaban J connectivity index is 2.06. The molecule has 104 valence electrons. The number of carbonyl (C=O) groups excluding carboxylic acids is 1. The van der Waals surface area contributed by atoms with Gasteiger partial charge in [0.05, 0.1) is 6.42 Å². The lowest BCUT2D eigenvalue weighted by Gasteiger charge is -2.16. The van der Waals surface area contributed by atoms with Crippen LogP contribution in [0.25, 0.3) is 5.69 Å². The number of benzene rings is 1. The van der Waals surface area contributed by atoms with Crippen molar-refractivity contribution in [3.05, 3.63) is 54.4 Å². The van der Waals surface area contributed by atoms with Crippen molar-refractivity contribution in [3.63, 3.8) is 0 Å². The van der Waals surface area contributed by atoms with E-state index < -0.39 is 5.97 Å². The van der Waals surface area contributed by atoms with E-state index in [9.17, 15) is 9.59 Å². The zero-order chi connectivity index (χ0) is 14.5. The van der Waals surface area contributed by atoms with Gasteiger partial charge < -0.3 is 14.6 Å². The number of hydrogen-bond acceptors (Lipinski definition) is 2. The van der Waals surface area contributed by atoms with Crippen LogP contribution < -0.4 is 0 Å². The minimum absolute atomic E-state index is 0.0519. The third kappa shape index (κ3) is 3.26. The molecule has 1 heterocycles. The van der Waals surface area contributed by atoms with Crippen LogP contribution in [0.3, 0.4) is 0 Å². The first-order valence-electron chi connectivity index (χ1n) is 6.28. The topological polar surface area (TPSA) is 62.5 Å². The molecule has 20 heavy (non-hydrogen) atoms. The summed E-state index contributed by atoms with van der Waals surface area (Å²) in [7, 11) is 1.60. The molecule has 0 aliphatic rings. The summed E-state index contributed by atoms with van der Waals surface area (Å²) < 4.78 is 1.95. The molecule has 0 saturated heterocycles. The van der Waals surface area contributed by atoms with Crippen LogP contribution in [0.1, 0.15) is 16.8 Å². The highest BCUT2D eigenvalue weighted by Gasteiger charge is 2.12. The van der Waals surface area contributed by atoms with Gasteiger partial charge in [0.15, 0.2) is 0 Å². The Morgan fingerprint density at radius 1 is 1.15 bits per heavy atom. The van der Waals surface area contributed by atoms with Crippen LogP contribution >= 0.6 is 0 Å². The highest BCUT2D eigenvalue weighted by atomic mass is 16.4. The highest BCUT2D eigenvalue weighted by Crippen LogP contribution is 2.11. The first-order chi connectivity index (χ1) is 9.58. The fraction of sp³-hybridized carbons (Fsp3) is 0.200. The van der Waals surface area contributed by atoms with E-state index >= 15 is 0 Å². The molecular formula is C15H16N2O3. The van der Waals surface area contributed by atoms with Crippen molar-refractivity contribution in [1.29, 1.82) is 0 Å². The Labute approximate surface area is 117 Å². The van der Waals surface area contributed by atoms with E-state index in [1.165, 1.54) is 4.90 Å². The van der Waals surface area contributed by atoms with Crippen molar-refractivity contribution in [2.75, 3.05) is 13.6 Å². The Kier molecular flexibility index (Phi) is 4.20. The molecule has 5 heteroatoms. The molecule has 1 amide bonds. The van der Waals surface area contributed by atoms with Crippen molar-refractivity contribution in [1.82, 2.24) is 9.47 Å². The van der Waals surface area contributed by atoms with Gasteiger partial charge in [0.1, 0.15) is 0 Å². The standard InChI is InChI=1S/C15H16N2O3/c1-16(11-8-14(18)19)15(20)12-4-6-13(7-5-12)17-9-2-3-10-17/h2-7,9-10H,8,11H2,1H3,(H,18,19). The van der Waals surface area contributed by atoms with Crippen molar-refractivity contribution >= 4 is 11.9 Å². The van der Waals surface area contributed by atoms with Crippen LogP contribution in [-0.4, -0.2) is 40.0 Å². The summed E-state index contributed by atoms with van der Waals surface area (Å²) in [6.45, 7) is 0.202. The second kappa shape index (κ2) is 6.06. The lowest BCUT2D eigenvalue weighted by atomic mass is 10.2. The number of carboxylic acids is 1. The number of carboxylic acid groups (broad SMARTS) is 1. The predicted molar refractivity (Wildman–Crippen MR) is 75.0 cm³/mol. The van der Waals surface area contributed by atoms with Gasteiger partial charge in [0.25, 0.3) is 5.91 Å². The van der Waals surface area contributed by atoms with Gasteiger partial charge >= 0.3 is 5.97 Å². The average Bonchev–Trinajstić information content (AvgIpc) is 2.98. The van der Waals surface area contributed by atoms with E-state index in [0.717, 1.165) is 5.69 Å². The van der Waals surface area contributed by atoms with Crippen molar-refractivity contribution < 1.29 is 14.7 Å². The number of nitrogens with zero attached hydrogens (tertiary/aromatic N) is 2. The zero-order valence-electron chi connectivity index (χ0n) is 11.2. The van der Waals surface area contributed by atoms with Gasteiger partial charge in [-0.05, 0) is 36.4 Å². The van der Waals surface area contributed by atoms with Crippen LogP contribution in [0.4, 0.5) is 0 Å². The number of aromatic nitrogens is 1. The molecule has 2 aromatic rings. The number of rotatable bonds is 5. The number of amides is 1.